The molecule has 0 radical (unpaired) electrons. The molecule has 1 saturated heterocycles. The second kappa shape index (κ2) is 8.24. The van der Waals surface area contributed by atoms with E-state index in [0.29, 0.717) is 12.6 Å². The molecular formula is C26H34N4O2. The fourth-order valence-electron chi connectivity index (χ4n) is 5.13. The van der Waals surface area contributed by atoms with E-state index < -0.39 is 0 Å². The van der Waals surface area contributed by atoms with Crippen molar-refractivity contribution in [2.24, 2.45) is 0 Å². The molecule has 1 fully saturated rings. The van der Waals surface area contributed by atoms with Crippen molar-refractivity contribution in [3.63, 3.8) is 0 Å². The SMILES string of the molecule is CCOc1cc2cc(O)ccc2cc1-c1ccc(N(C)C2CC(C)(C)NC(C)(C)C2)nn1. The fourth-order valence-corrected chi connectivity index (χ4v) is 5.13. The van der Waals surface area contributed by atoms with E-state index in [-0.39, 0.29) is 16.8 Å². The molecule has 1 aromatic heterocycles. The molecule has 2 heterocycles. The van der Waals surface area contributed by atoms with Crippen molar-refractivity contribution >= 4 is 16.6 Å². The van der Waals surface area contributed by atoms with Gasteiger partial charge in [-0.25, -0.2) is 0 Å². The molecule has 6 heteroatoms. The van der Waals surface area contributed by atoms with Gasteiger partial charge in [0, 0.05) is 29.7 Å². The molecule has 4 rings (SSSR count). The highest BCUT2D eigenvalue weighted by Gasteiger charge is 2.39. The summed E-state index contributed by atoms with van der Waals surface area (Å²) in [5, 5.41) is 24.7. The van der Waals surface area contributed by atoms with Crippen LogP contribution in [-0.2, 0) is 0 Å². The van der Waals surface area contributed by atoms with Crippen LogP contribution in [0.3, 0.4) is 0 Å². The van der Waals surface area contributed by atoms with Crippen LogP contribution in [0.25, 0.3) is 22.0 Å². The molecule has 3 aromatic rings. The minimum Gasteiger partial charge on any atom is -0.508 e. The van der Waals surface area contributed by atoms with Crippen LogP contribution in [-0.4, -0.2) is 46.1 Å². The second-order valence-electron chi connectivity index (χ2n) is 10.2. The summed E-state index contributed by atoms with van der Waals surface area (Å²) in [5.41, 5.74) is 1.81. The van der Waals surface area contributed by atoms with Crippen LogP contribution < -0.4 is 15.0 Å². The van der Waals surface area contributed by atoms with Crippen molar-refractivity contribution in [1.29, 1.82) is 0 Å². The average Bonchev–Trinajstić information content (AvgIpc) is 2.71. The summed E-state index contributed by atoms with van der Waals surface area (Å²) in [6.45, 7) is 11.6. The van der Waals surface area contributed by atoms with Crippen LogP contribution in [0.2, 0.25) is 0 Å². The predicted octanol–water partition coefficient (Wildman–Crippen LogP) is 5.15. The Labute approximate surface area is 190 Å². The summed E-state index contributed by atoms with van der Waals surface area (Å²) in [4.78, 5) is 2.26. The first-order chi connectivity index (χ1) is 15.1. The molecule has 0 amide bonds. The molecule has 170 valence electrons. The average molecular weight is 435 g/mol. The number of aromatic nitrogens is 2. The molecular weight excluding hydrogens is 400 g/mol. The molecule has 0 saturated carbocycles. The zero-order valence-electron chi connectivity index (χ0n) is 19.9. The van der Waals surface area contributed by atoms with Crippen molar-refractivity contribution in [2.45, 2.75) is 64.6 Å². The lowest BCUT2D eigenvalue weighted by molar-refractivity contribution is 0.160. The first-order valence-corrected chi connectivity index (χ1v) is 11.3. The van der Waals surface area contributed by atoms with Crippen LogP contribution in [0.4, 0.5) is 5.82 Å². The molecule has 0 unspecified atom stereocenters. The summed E-state index contributed by atoms with van der Waals surface area (Å²) < 4.78 is 5.89. The molecule has 0 spiro atoms. The number of aromatic hydroxyl groups is 1. The predicted molar refractivity (Wildman–Crippen MR) is 131 cm³/mol. The third kappa shape index (κ3) is 4.65. The van der Waals surface area contributed by atoms with Crippen molar-refractivity contribution in [3.8, 4) is 22.8 Å². The summed E-state index contributed by atoms with van der Waals surface area (Å²) in [5.74, 6) is 1.85. The van der Waals surface area contributed by atoms with E-state index >= 15 is 0 Å². The Kier molecular flexibility index (Phi) is 5.76. The van der Waals surface area contributed by atoms with E-state index in [9.17, 15) is 5.11 Å². The Bertz CT molecular complexity index is 1090. The number of piperidine rings is 1. The van der Waals surface area contributed by atoms with Crippen LogP contribution >= 0.6 is 0 Å². The number of phenols is 1. The lowest BCUT2D eigenvalue weighted by atomic mass is 9.79. The Hall–Kier alpha value is -2.86. The first kappa shape index (κ1) is 22.3. The van der Waals surface area contributed by atoms with E-state index in [1.807, 2.05) is 37.3 Å². The van der Waals surface area contributed by atoms with Gasteiger partial charge < -0.3 is 20.1 Å². The van der Waals surface area contributed by atoms with Gasteiger partial charge in [-0.05, 0) is 94.6 Å². The minimum atomic E-state index is 0.0694. The summed E-state index contributed by atoms with van der Waals surface area (Å²) in [6, 6.07) is 13.8. The third-order valence-corrected chi connectivity index (χ3v) is 6.23. The van der Waals surface area contributed by atoms with Gasteiger partial charge in [-0.1, -0.05) is 6.07 Å². The molecule has 0 bridgehead atoms. The van der Waals surface area contributed by atoms with Crippen LogP contribution in [0.5, 0.6) is 11.5 Å². The standard InChI is InChI=1S/C26H34N4O2/c1-7-32-23-14-18-12-20(31)9-8-17(18)13-21(23)22-10-11-24(28-27-22)30(6)19-15-25(2,3)29-26(4,5)16-19/h8-14,19,29,31H,7,15-16H2,1-6H3. The number of nitrogens with one attached hydrogen (secondary N) is 1. The largest absolute Gasteiger partial charge is 0.508 e. The third-order valence-electron chi connectivity index (χ3n) is 6.23. The van der Waals surface area contributed by atoms with Crippen LogP contribution in [0, 0.1) is 0 Å². The highest BCUT2D eigenvalue weighted by molar-refractivity contribution is 5.91. The lowest BCUT2D eigenvalue weighted by Crippen LogP contribution is -2.62. The zero-order valence-corrected chi connectivity index (χ0v) is 19.9. The minimum absolute atomic E-state index is 0.0694. The number of anilines is 1. The number of hydrogen-bond donors (Lipinski definition) is 2. The van der Waals surface area contributed by atoms with E-state index in [0.717, 1.165) is 46.4 Å². The lowest BCUT2D eigenvalue weighted by Gasteiger charge is -2.49. The maximum Gasteiger partial charge on any atom is 0.151 e. The van der Waals surface area contributed by atoms with Gasteiger partial charge in [0.25, 0.3) is 0 Å². The molecule has 1 aliphatic rings. The Morgan fingerprint density at radius 2 is 1.72 bits per heavy atom. The molecule has 32 heavy (non-hydrogen) atoms. The van der Waals surface area contributed by atoms with Crippen LogP contribution in [0.15, 0.2) is 42.5 Å². The van der Waals surface area contributed by atoms with Crippen molar-refractivity contribution in [3.05, 3.63) is 42.5 Å². The fraction of sp³-hybridized carbons (Fsp3) is 0.462. The summed E-state index contributed by atoms with van der Waals surface area (Å²) >= 11 is 0. The van der Waals surface area contributed by atoms with E-state index in [1.165, 1.54) is 0 Å². The number of ether oxygens (including phenoxy) is 1. The maximum atomic E-state index is 9.82. The van der Waals surface area contributed by atoms with Gasteiger partial charge in [-0.15, -0.1) is 10.2 Å². The maximum absolute atomic E-state index is 9.82. The topological polar surface area (TPSA) is 70.5 Å². The van der Waals surface area contributed by atoms with E-state index in [2.05, 4.69) is 55.2 Å². The highest BCUT2D eigenvalue weighted by Crippen LogP contribution is 2.36. The molecule has 0 aliphatic carbocycles. The first-order valence-electron chi connectivity index (χ1n) is 11.3. The Morgan fingerprint density at radius 3 is 2.34 bits per heavy atom. The van der Waals surface area contributed by atoms with Crippen molar-refractivity contribution < 1.29 is 9.84 Å². The number of nitrogens with zero attached hydrogens (tertiary/aromatic N) is 3. The van der Waals surface area contributed by atoms with Gasteiger partial charge in [0.15, 0.2) is 5.82 Å². The van der Waals surface area contributed by atoms with Crippen molar-refractivity contribution in [1.82, 2.24) is 15.5 Å². The number of phenolic OH excluding ortho intramolecular Hbond substituents is 1. The van der Waals surface area contributed by atoms with Gasteiger partial charge >= 0.3 is 0 Å². The number of rotatable bonds is 5. The quantitative estimate of drug-likeness (QED) is 0.579. The van der Waals surface area contributed by atoms with Gasteiger partial charge in [0.1, 0.15) is 11.5 Å². The number of fused-ring (bicyclic) bond motifs is 1. The number of benzene rings is 2. The van der Waals surface area contributed by atoms with Gasteiger partial charge in [-0.2, -0.15) is 0 Å². The van der Waals surface area contributed by atoms with Crippen molar-refractivity contribution in [2.75, 3.05) is 18.6 Å². The Balaban J connectivity index is 1.64. The smallest absolute Gasteiger partial charge is 0.151 e. The number of hydrogen-bond acceptors (Lipinski definition) is 6. The Morgan fingerprint density at radius 1 is 1.00 bits per heavy atom. The zero-order chi connectivity index (χ0) is 23.1. The van der Waals surface area contributed by atoms with E-state index in [1.54, 1.807) is 12.1 Å². The van der Waals surface area contributed by atoms with Gasteiger partial charge in [0.2, 0.25) is 0 Å². The molecule has 2 N–H and O–H groups in total. The normalized spacial score (nSPS) is 17.9. The highest BCUT2D eigenvalue weighted by atomic mass is 16.5. The monoisotopic (exact) mass is 434 g/mol. The van der Waals surface area contributed by atoms with Gasteiger partial charge in [0.05, 0.1) is 12.3 Å². The molecule has 1 aliphatic heterocycles. The second-order valence-corrected chi connectivity index (χ2v) is 10.2. The summed E-state index contributed by atoms with van der Waals surface area (Å²) in [6.07, 6.45) is 2.09. The van der Waals surface area contributed by atoms with E-state index in [4.69, 9.17) is 4.74 Å². The molecule has 2 aromatic carbocycles. The molecule has 6 nitrogen and oxygen atoms in total. The molecule has 0 atom stereocenters. The van der Waals surface area contributed by atoms with Crippen LogP contribution in [0.1, 0.15) is 47.5 Å². The summed E-state index contributed by atoms with van der Waals surface area (Å²) in [7, 11) is 2.11. The van der Waals surface area contributed by atoms with Gasteiger partial charge in [-0.3, -0.25) is 0 Å².